The number of benzene rings is 2. The highest BCUT2D eigenvalue weighted by molar-refractivity contribution is 6.01. The monoisotopic (exact) mass is 399 g/mol. The highest BCUT2D eigenvalue weighted by atomic mass is 16.2. The van der Waals surface area contributed by atoms with Crippen molar-refractivity contribution in [3.8, 4) is 0 Å². The molecule has 0 bridgehead atoms. The maximum absolute atomic E-state index is 13.2. The molecule has 2 unspecified atom stereocenters. The number of amides is 2. The maximum atomic E-state index is 13.2. The minimum Gasteiger partial charge on any atom is -0.343 e. The van der Waals surface area contributed by atoms with E-state index in [1.807, 2.05) is 80.6 Å². The van der Waals surface area contributed by atoms with Crippen LogP contribution in [-0.2, 0) is 9.59 Å². The van der Waals surface area contributed by atoms with Gasteiger partial charge in [0.2, 0.25) is 11.8 Å². The molecule has 5 nitrogen and oxygen atoms in total. The quantitative estimate of drug-likeness (QED) is 0.706. The summed E-state index contributed by atoms with van der Waals surface area (Å²) in [6.45, 7) is 4.43. The molecule has 152 valence electrons. The molecule has 2 atom stereocenters. The van der Waals surface area contributed by atoms with Gasteiger partial charge < -0.3 is 10.2 Å². The summed E-state index contributed by atoms with van der Waals surface area (Å²) in [6, 6.07) is 21.0. The van der Waals surface area contributed by atoms with Gasteiger partial charge in [0.25, 0.3) is 0 Å². The number of hydrogen-bond donors (Lipinski definition) is 1. The van der Waals surface area contributed by atoms with Crippen molar-refractivity contribution in [2.45, 2.75) is 26.3 Å². The van der Waals surface area contributed by atoms with Gasteiger partial charge in [0.15, 0.2) is 0 Å². The van der Waals surface area contributed by atoms with Crippen molar-refractivity contribution in [1.29, 1.82) is 0 Å². The van der Waals surface area contributed by atoms with E-state index in [-0.39, 0.29) is 24.3 Å². The zero-order valence-electron chi connectivity index (χ0n) is 17.2. The van der Waals surface area contributed by atoms with Crippen molar-refractivity contribution in [3.05, 3.63) is 95.3 Å². The Morgan fingerprint density at radius 3 is 2.53 bits per heavy atom. The van der Waals surface area contributed by atoms with Crippen molar-refractivity contribution >= 4 is 17.5 Å². The van der Waals surface area contributed by atoms with Crippen molar-refractivity contribution in [1.82, 2.24) is 10.3 Å². The number of carbonyl (C=O) groups is 2. The molecule has 1 saturated heterocycles. The second-order valence-electron chi connectivity index (χ2n) is 7.73. The molecule has 0 aliphatic carbocycles. The third kappa shape index (κ3) is 3.96. The van der Waals surface area contributed by atoms with Crippen LogP contribution >= 0.6 is 0 Å². The first-order valence-corrected chi connectivity index (χ1v) is 10.2. The molecular weight excluding hydrogens is 374 g/mol. The van der Waals surface area contributed by atoms with Crippen LogP contribution in [0.1, 0.15) is 34.8 Å². The van der Waals surface area contributed by atoms with Crippen LogP contribution in [0.25, 0.3) is 0 Å². The van der Waals surface area contributed by atoms with E-state index >= 15 is 0 Å². The van der Waals surface area contributed by atoms with E-state index in [9.17, 15) is 9.59 Å². The number of nitrogens with zero attached hydrogens (tertiary/aromatic N) is 2. The van der Waals surface area contributed by atoms with Crippen molar-refractivity contribution < 1.29 is 9.59 Å². The smallest absolute Gasteiger partial charge is 0.227 e. The zero-order chi connectivity index (χ0) is 21.1. The number of aromatic nitrogens is 1. The first-order valence-electron chi connectivity index (χ1n) is 10.2. The van der Waals surface area contributed by atoms with Gasteiger partial charge in [-0.25, -0.2) is 0 Å². The highest BCUT2D eigenvalue weighted by Crippen LogP contribution is 2.30. The van der Waals surface area contributed by atoms with E-state index in [1.165, 1.54) is 0 Å². The van der Waals surface area contributed by atoms with Crippen molar-refractivity contribution in [2.75, 3.05) is 11.4 Å². The van der Waals surface area contributed by atoms with Crippen LogP contribution < -0.4 is 10.2 Å². The van der Waals surface area contributed by atoms with E-state index in [2.05, 4.69) is 10.3 Å². The van der Waals surface area contributed by atoms with E-state index < -0.39 is 5.92 Å². The summed E-state index contributed by atoms with van der Waals surface area (Å²) in [5.74, 6) is -0.541. The predicted molar refractivity (Wildman–Crippen MR) is 117 cm³/mol. The lowest BCUT2D eigenvalue weighted by atomic mass is 10.0. The van der Waals surface area contributed by atoms with Crippen molar-refractivity contribution in [3.63, 3.8) is 0 Å². The molecule has 0 radical (unpaired) electrons. The minimum atomic E-state index is -0.396. The van der Waals surface area contributed by atoms with Crippen LogP contribution in [0.4, 0.5) is 5.69 Å². The Hall–Kier alpha value is -3.47. The topological polar surface area (TPSA) is 62.3 Å². The standard InChI is InChI=1S/C25H25N3O2/c1-17-9-8-13-22(18(17)2)28-16-20(15-23(28)29)25(30)27-24(19-10-4-3-5-11-19)21-12-6-7-14-26-21/h3-14,20,24H,15-16H2,1-2H3,(H,27,30). The third-order valence-electron chi connectivity index (χ3n) is 5.77. The second-order valence-corrected chi connectivity index (χ2v) is 7.73. The minimum absolute atomic E-state index is 0.0158. The Labute approximate surface area is 176 Å². The molecule has 30 heavy (non-hydrogen) atoms. The summed E-state index contributed by atoms with van der Waals surface area (Å²) in [5.41, 5.74) is 4.82. The Balaban J connectivity index is 1.55. The van der Waals surface area contributed by atoms with Crippen LogP contribution in [0, 0.1) is 19.8 Å². The number of rotatable bonds is 5. The summed E-state index contributed by atoms with van der Waals surface area (Å²) >= 11 is 0. The molecule has 0 spiro atoms. The first kappa shape index (κ1) is 19.8. The molecule has 2 aromatic carbocycles. The fourth-order valence-electron chi connectivity index (χ4n) is 3.92. The number of aryl methyl sites for hydroxylation is 1. The van der Waals surface area contributed by atoms with Crippen LogP contribution in [0.3, 0.4) is 0 Å². The van der Waals surface area contributed by atoms with Crippen molar-refractivity contribution in [2.24, 2.45) is 5.92 Å². The number of nitrogens with one attached hydrogen (secondary N) is 1. The van der Waals surface area contributed by atoms with Gasteiger partial charge in [0.1, 0.15) is 0 Å². The molecule has 2 amide bonds. The van der Waals surface area contributed by atoms with Gasteiger partial charge in [-0.2, -0.15) is 0 Å². The zero-order valence-corrected chi connectivity index (χ0v) is 17.2. The number of hydrogen-bond acceptors (Lipinski definition) is 3. The van der Waals surface area contributed by atoms with Gasteiger partial charge in [-0.3, -0.25) is 14.6 Å². The fraction of sp³-hybridized carbons (Fsp3) is 0.240. The molecule has 1 N–H and O–H groups in total. The van der Waals surface area contributed by atoms with Gasteiger partial charge in [0.05, 0.1) is 17.7 Å². The molecule has 5 heteroatoms. The Kier molecular flexibility index (Phi) is 5.61. The first-order chi connectivity index (χ1) is 14.5. The lowest BCUT2D eigenvalue weighted by molar-refractivity contribution is -0.126. The van der Waals surface area contributed by atoms with E-state index in [0.717, 1.165) is 28.1 Å². The van der Waals surface area contributed by atoms with E-state index in [4.69, 9.17) is 0 Å². The van der Waals surface area contributed by atoms with Crippen LogP contribution in [-0.4, -0.2) is 23.3 Å². The van der Waals surface area contributed by atoms with Gasteiger partial charge in [-0.1, -0.05) is 48.5 Å². The molecule has 1 fully saturated rings. The lowest BCUT2D eigenvalue weighted by Crippen LogP contribution is -2.36. The summed E-state index contributed by atoms with van der Waals surface area (Å²) in [5, 5.41) is 3.13. The predicted octanol–water partition coefficient (Wildman–Crippen LogP) is 3.96. The fourth-order valence-corrected chi connectivity index (χ4v) is 3.92. The van der Waals surface area contributed by atoms with E-state index in [1.54, 1.807) is 11.1 Å². The average Bonchev–Trinajstić information content (AvgIpc) is 3.16. The Morgan fingerprint density at radius 1 is 1.03 bits per heavy atom. The van der Waals surface area contributed by atoms with E-state index in [0.29, 0.717) is 6.54 Å². The van der Waals surface area contributed by atoms with Crippen LogP contribution in [0.5, 0.6) is 0 Å². The Morgan fingerprint density at radius 2 is 1.80 bits per heavy atom. The second kappa shape index (κ2) is 8.49. The SMILES string of the molecule is Cc1cccc(N2CC(C(=O)NC(c3ccccc3)c3ccccn3)CC2=O)c1C. The summed E-state index contributed by atoms with van der Waals surface area (Å²) in [6.07, 6.45) is 1.93. The van der Waals surface area contributed by atoms with Gasteiger partial charge in [0, 0.05) is 24.8 Å². The number of anilines is 1. The van der Waals surface area contributed by atoms with Crippen LogP contribution in [0.2, 0.25) is 0 Å². The molecule has 1 aromatic heterocycles. The maximum Gasteiger partial charge on any atom is 0.227 e. The highest BCUT2D eigenvalue weighted by Gasteiger charge is 2.36. The molecule has 0 saturated carbocycles. The van der Waals surface area contributed by atoms with Gasteiger partial charge >= 0.3 is 0 Å². The van der Waals surface area contributed by atoms with Gasteiger partial charge in [-0.15, -0.1) is 0 Å². The largest absolute Gasteiger partial charge is 0.343 e. The summed E-state index contributed by atoms with van der Waals surface area (Å²) in [7, 11) is 0. The normalized spacial score (nSPS) is 17.1. The molecular formula is C25H25N3O2. The summed E-state index contributed by atoms with van der Waals surface area (Å²) < 4.78 is 0. The lowest BCUT2D eigenvalue weighted by Gasteiger charge is -2.22. The van der Waals surface area contributed by atoms with Gasteiger partial charge in [-0.05, 0) is 48.7 Å². The molecule has 2 heterocycles. The third-order valence-corrected chi connectivity index (χ3v) is 5.77. The summed E-state index contributed by atoms with van der Waals surface area (Å²) in [4.78, 5) is 32.1. The van der Waals surface area contributed by atoms with Crippen LogP contribution in [0.15, 0.2) is 72.9 Å². The Bertz CT molecular complexity index is 1010. The number of carbonyl (C=O) groups excluding carboxylic acids is 2. The molecule has 4 rings (SSSR count). The molecule has 1 aliphatic rings. The molecule has 1 aliphatic heterocycles. The average molecular weight is 399 g/mol. The number of pyridine rings is 1. The molecule has 3 aromatic rings.